The van der Waals surface area contributed by atoms with Crippen molar-refractivity contribution in [1.29, 1.82) is 0 Å². The van der Waals surface area contributed by atoms with Crippen LogP contribution < -0.4 is 14.8 Å². The lowest BCUT2D eigenvalue weighted by atomic mass is 9.90. The fraction of sp³-hybridized carbons (Fsp3) is 0.500. The van der Waals surface area contributed by atoms with Crippen molar-refractivity contribution in [2.45, 2.75) is 38.4 Å². The molecule has 0 aromatic heterocycles. The number of likely N-dealkylation sites (tertiary alicyclic amines) is 1. The van der Waals surface area contributed by atoms with Crippen LogP contribution in [-0.4, -0.2) is 54.6 Å². The van der Waals surface area contributed by atoms with Gasteiger partial charge in [-0.05, 0) is 61.2 Å². The van der Waals surface area contributed by atoms with Crippen molar-refractivity contribution in [3.8, 4) is 17.2 Å². The first-order valence-corrected chi connectivity index (χ1v) is 11.0. The van der Waals surface area contributed by atoms with Crippen LogP contribution in [0.25, 0.3) is 0 Å². The van der Waals surface area contributed by atoms with Crippen LogP contribution in [0.1, 0.15) is 37.4 Å². The molecule has 0 saturated carbocycles. The molecule has 170 valence electrons. The Bertz CT molecular complexity index is 851. The van der Waals surface area contributed by atoms with E-state index < -0.39 is 0 Å². The largest absolute Gasteiger partial charge is 0.502 e. The Morgan fingerprint density at radius 2 is 1.77 bits per heavy atom. The highest BCUT2D eigenvalue weighted by atomic mass is 35.5. The van der Waals surface area contributed by atoms with Crippen LogP contribution in [0.4, 0.5) is 0 Å². The Labute approximate surface area is 189 Å². The summed E-state index contributed by atoms with van der Waals surface area (Å²) < 4.78 is 10.5. The summed E-state index contributed by atoms with van der Waals surface area (Å²) in [6.07, 6.45) is 0.889. The van der Waals surface area contributed by atoms with Crippen molar-refractivity contribution < 1.29 is 19.7 Å². The average molecular weight is 449 g/mol. The Kier molecular flexibility index (Phi) is 7.70. The van der Waals surface area contributed by atoms with E-state index >= 15 is 0 Å². The molecule has 0 unspecified atom stereocenters. The number of benzene rings is 2. The van der Waals surface area contributed by atoms with E-state index in [2.05, 4.69) is 36.2 Å². The van der Waals surface area contributed by atoms with Crippen LogP contribution >= 0.6 is 11.6 Å². The van der Waals surface area contributed by atoms with Crippen molar-refractivity contribution >= 4 is 11.6 Å². The molecule has 31 heavy (non-hydrogen) atoms. The number of hydrogen-bond acceptors (Lipinski definition) is 6. The summed E-state index contributed by atoms with van der Waals surface area (Å²) in [5, 5.41) is 24.6. The summed E-state index contributed by atoms with van der Waals surface area (Å²) in [5.74, 6) is 1.10. The van der Waals surface area contributed by atoms with E-state index in [-0.39, 0.29) is 23.9 Å². The maximum Gasteiger partial charge on any atom is 0.200 e. The number of aliphatic hydroxyl groups excluding tert-OH is 1. The number of likely N-dealkylation sites (N-methyl/N-ethyl adjacent to an activating group) is 1. The molecule has 7 heteroatoms. The van der Waals surface area contributed by atoms with Crippen LogP contribution in [0.15, 0.2) is 36.4 Å². The van der Waals surface area contributed by atoms with Gasteiger partial charge < -0.3 is 25.0 Å². The van der Waals surface area contributed by atoms with Crippen LogP contribution in [0, 0.1) is 5.92 Å². The lowest BCUT2D eigenvalue weighted by Gasteiger charge is -2.37. The summed E-state index contributed by atoms with van der Waals surface area (Å²) in [6.45, 7) is 6.64. The van der Waals surface area contributed by atoms with Gasteiger partial charge in [0.15, 0.2) is 11.5 Å². The van der Waals surface area contributed by atoms with Gasteiger partial charge in [-0.15, -0.1) is 0 Å². The number of ether oxygens (including phenoxy) is 2. The first-order chi connectivity index (χ1) is 14.9. The molecule has 3 rings (SSSR count). The Hall–Kier alpha value is -1.99. The molecule has 2 aromatic rings. The minimum absolute atomic E-state index is 0.00430. The quantitative estimate of drug-likeness (QED) is 0.538. The van der Waals surface area contributed by atoms with Gasteiger partial charge >= 0.3 is 0 Å². The van der Waals surface area contributed by atoms with Gasteiger partial charge in [-0.1, -0.05) is 30.7 Å². The van der Waals surface area contributed by atoms with E-state index in [9.17, 15) is 10.2 Å². The van der Waals surface area contributed by atoms with Crippen molar-refractivity contribution in [3.63, 3.8) is 0 Å². The highest BCUT2D eigenvalue weighted by Crippen LogP contribution is 2.46. The second-order valence-corrected chi connectivity index (χ2v) is 8.82. The number of aliphatic hydroxyl groups is 1. The normalized spacial score (nSPS) is 23.8. The predicted molar refractivity (Wildman–Crippen MR) is 123 cm³/mol. The number of methoxy groups -OCH3 is 2. The van der Waals surface area contributed by atoms with E-state index in [4.69, 9.17) is 21.1 Å². The molecule has 0 aliphatic carbocycles. The number of aromatic hydroxyl groups is 1. The second-order valence-electron chi connectivity index (χ2n) is 8.38. The minimum atomic E-state index is -0.267. The molecule has 1 aliphatic heterocycles. The fourth-order valence-electron chi connectivity index (χ4n) is 4.87. The van der Waals surface area contributed by atoms with Gasteiger partial charge in [0.05, 0.1) is 20.8 Å². The molecule has 0 amide bonds. The summed E-state index contributed by atoms with van der Waals surface area (Å²) in [4.78, 5) is 2.40. The third-order valence-corrected chi connectivity index (χ3v) is 6.60. The molecule has 1 fully saturated rings. The Balaban J connectivity index is 1.78. The smallest absolute Gasteiger partial charge is 0.200 e. The topological polar surface area (TPSA) is 74.2 Å². The average Bonchev–Trinajstić information content (AvgIpc) is 3.07. The molecule has 6 nitrogen and oxygen atoms in total. The number of phenolic OH excluding ortho intramolecular Hbond substituents is 1. The van der Waals surface area contributed by atoms with Crippen molar-refractivity contribution in [2.24, 2.45) is 5.92 Å². The molecule has 3 atom stereocenters. The van der Waals surface area contributed by atoms with Crippen LogP contribution in [0.5, 0.6) is 17.2 Å². The Morgan fingerprint density at radius 3 is 2.29 bits per heavy atom. The molecule has 1 heterocycles. The zero-order valence-electron chi connectivity index (χ0n) is 18.7. The standard InChI is InChI=1S/C24H33ClN2O4/c1-5-27-22(17-6-8-19(25)9-7-17)18(12-24(27,2)15-28)14-26-13-16-10-20(30-3)23(29)21(11-16)31-4/h6-11,18,22,26,28-29H,5,12-15H2,1-4H3/t18-,22+,24+/m0/s1. The molecular weight excluding hydrogens is 416 g/mol. The van der Waals surface area contributed by atoms with E-state index in [1.807, 2.05) is 24.3 Å². The summed E-state index contributed by atoms with van der Waals surface area (Å²) in [6, 6.07) is 11.8. The molecule has 0 spiro atoms. The van der Waals surface area contributed by atoms with Gasteiger partial charge in [-0.25, -0.2) is 0 Å². The number of hydrogen-bond donors (Lipinski definition) is 3. The molecule has 1 saturated heterocycles. The summed E-state index contributed by atoms with van der Waals surface area (Å²) in [5.41, 5.74) is 1.91. The monoisotopic (exact) mass is 448 g/mol. The molecular formula is C24H33ClN2O4. The van der Waals surface area contributed by atoms with Gasteiger partial charge in [0.25, 0.3) is 0 Å². The predicted octanol–water partition coefficient (Wildman–Crippen LogP) is 3.99. The van der Waals surface area contributed by atoms with Crippen LogP contribution in [0.3, 0.4) is 0 Å². The zero-order chi connectivity index (χ0) is 22.6. The zero-order valence-corrected chi connectivity index (χ0v) is 19.4. The lowest BCUT2D eigenvalue weighted by Crippen LogP contribution is -2.45. The van der Waals surface area contributed by atoms with Gasteiger partial charge in [-0.2, -0.15) is 0 Å². The first-order valence-electron chi connectivity index (χ1n) is 10.6. The number of nitrogens with one attached hydrogen (secondary N) is 1. The van der Waals surface area contributed by atoms with E-state index in [0.29, 0.717) is 24.0 Å². The maximum atomic E-state index is 10.2. The minimum Gasteiger partial charge on any atom is -0.502 e. The van der Waals surface area contributed by atoms with Gasteiger partial charge in [0, 0.05) is 29.7 Å². The van der Waals surface area contributed by atoms with Crippen molar-refractivity contribution in [1.82, 2.24) is 10.2 Å². The third-order valence-electron chi connectivity index (χ3n) is 6.35. The maximum absolute atomic E-state index is 10.2. The second kappa shape index (κ2) is 10.1. The first kappa shape index (κ1) is 23.7. The number of halogens is 1. The van der Waals surface area contributed by atoms with Crippen molar-refractivity contribution in [3.05, 3.63) is 52.5 Å². The fourth-order valence-corrected chi connectivity index (χ4v) is 4.99. The lowest BCUT2D eigenvalue weighted by molar-refractivity contribution is 0.0579. The summed E-state index contributed by atoms with van der Waals surface area (Å²) >= 11 is 6.12. The number of rotatable bonds is 9. The van der Waals surface area contributed by atoms with E-state index in [1.165, 1.54) is 19.8 Å². The van der Waals surface area contributed by atoms with Crippen molar-refractivity contribution in [2.75, 3.05) is 33.9 Å². The highest BCUT2D eigenvalue weighted by molar-refractivity contribution is 6.30. The SMILES string of the molecule is CCN1[C@H](c2ccc(Cl)cc2)[C@H](CNCc2cc(OC)c(O)c(OC)c2)C[C@]1(C)CO. The van der Waals surface area contributed by atoms with Gasteiger partial charge in [-0.3, -0.25) is 4.90 Å². The van der Waals surface area contributed by atoms with Crippen LogP contribution in [-0.2, 0) is 6.54 Å². The highest BCUT2D eigenvalue weighted by Gasteiger charge is 2.47. The molecule has 3 N–H and O–H groups in total. The Morgan fingerprint density at radius 1 is 1.16 bits per heavy atom. The van der Waals surface area contributed by atoms with E-state index in [0.717, 1.165) is 30.1 Å². The number of nitrogens with zero attached hydrogens (tertiary/aromatic N) is 1. The van der Waals surface area contributed by atoms with E-state index in [1.54, 1.807) is 0 Å². The molecule has 1 aliphatic rings. The van der Waals surface area contributed by atoms with Crippen LogP contribution in [0.2, 0.25) is 5.02 Å². The number of phenols is 1. The molecule has 0 bridgehead atoms. The van der Waals surface area contributed by atoms with Gasteiger partial charge in [0.2, 0.25) is 5.75 Å². The third kappa shape index (κ3) is 4.93. The molecule has 2 aromatic carbocycles. The molecule has 0 radical (unpaired) electrons. The van der Waals surface area contributed by atoms with Gasteiger partial charge in [0.1, 0.15) is 0 Å². The summed E-state index contributed by atoms with van der Waals surface area (Å²) in [7, 11) is 3.05.